The van der Waals surface area contributed by atoms with Crippen molar-refractivity contribution in [1.82, 2.24) is 0 Å². The molecule has 0 spiro atoms. The van der Waals surface area contributed by atoms with Crippen LogP contribution in [0, 0.1) is 0 Å². The molecule has 1 unspecified atom stereocenters. The van der Waals surface area contributed by atoms with Crippen LogP contribution in [0.3, 0.4) is 0 Å². The first-order chi connectivity index (χ1) is 15.4. The average molecular weight is 469 g/mol. The van der Waals surface area contributed by atoms with Crippen LogP contribution in [0.25, 0.3) is 0 Å². The minimum atomic E-state index is -4.05. The summed E-state index contributed by atoms with van der Waals surface area (Å²) in [7, 11) is -4.05. The van der Waals surface area contributed by atoms with Crippen LogP contribution in [-0.4, -0.2) is 24.8 Å². The Bertz CT molecular complexity index is 700. The van der Waals surface area contributed by atoms with Gasteiger partial charge in [0.25, 0.3) is 10.1 Å². The van der Waals surface area contributed by atoms with E-state index in [-0.39, 0.29) is 5.75 Å². The highest BCUT2D eigenvalue weighted by Gasteiger charge is 2.16. The molecule has 0 amide bonds. The van der Waals surface area contributed by atoms with Crippen molar-refractivity contribution >= 4 is 10.1 Å². The molecule has 1 N–H and O–H groups in total. The Morgan fingerprint density at radius 1 is 0.781 bits per heavy atom. The second-order valence-electron chi connectivity index (χ2n) is 9.36. The van der Waals surface area contributed by atoms with E-state index in [0.717, 1.165) is 30.6 Å². The number of hydrogen-bond acceptors (Lipinski definition) is 3. The first kappa shape index (κ1) is 29.0. The van der Waals surface area contributed by atoms with Gasteiger partial charge in [0, 0.05) is 0 Å². The molecule has 0 aliphatic rings. The molecule has 1 atom stereocenters. The maximum atomic E-state index is 11.2. The molecule has 0 saturated heterocycles. The lowest BCUT2D eigenvalue weighted by molar-refractivity contribution is 0.238. The van der Waals surface area contributed by atoms with Gasteiger partial charge in [0.2, 0.25) is 0 Å². The fourth-order valence-electron chi connectivity index (χ4n) is 4.18. The van der Waals surface area contributed by atoms with E-state index in [1.807, 2.05) is 0 Å². The Hall–Kier alpha value is -1.07. The van der Waals surface area contributed by atoms with Crippen LogP contribution in [0.15, 0.2) is 18.2 Å². The maximum absolute atomic E-state index is 11.2. The Kier molecular flexibility index (Phi) is 15.8. The second-order valence-corrected chi connectivity index (χ2v) is 10.9. The molecular weight excluding hydrogens is 420 g/mol. The van der Waals surface area contributed by atoms with Gasteiger partial charge in [-0.1, -0.05) is 103 Å². The SMILES string of the molecule is CCCCCCCCCc1ccc(CCCCCCCCC)c(OC(C)CS(=O)(=O)O)c1. The van der Waals surface area contributed by atoms with Crippen LogP contribution in [0.5, 0.6) is 5.75 Å². The smallest absolute Gasteiger partial charge is 0.268 e. The van der Waals surface area contributed by atoms with Gasteiger partial charge in [-0.25, -0.2) is 0 Å². The number of aryl methyl sites for hydroxylation is 2. The zero-order valence-corrected chi connectivity index (χ0v) is 21.7. The highest BCUT2D eigenvalue weighted by Crippen LogP contribution is 2.26. The molecule has 0 saturated carbocycles. The summed E-state index contributed by atoms with van der Waals surface area (Å²) in [6.07, 6.45) is 19.2. The summed E-state index contributed by atoms with van der Waals surface area (Å²) in [5, 5.41) is 0. The van der Waals surface area contributed by atoms with Gasteiger partial charge < -0.3 is 4.74 Å². The Labute approximate surface area is 198 Å². The maximum Gasteiger partial charge on any atom is 0.268 e. The molecule has 1 aromatic rings. The van der Waals surface area contributed by atoms with Gasteiger partial charge in [-0.3, -0.25) is 4.55 Å². The van der Waals surface area contributed by atoms with Crippen molar-refractivity contribution in [3.05, 3.63) is 29.3 Å². The fraction of sp³-hybridized carbons (Fsp3) is 0.778. The van der Waals surface area contributed by atoms with E-state index in [2.05, 4.69) is 32.0 Å². The average Bonchev–Trinajstić information content (AvgIpc) is 2.72. The quantitative estimate of drug-likeness (QED) is 0.156. The van der Waals surface area contributed by atoms with Crippen molar-refractivity contribution in [1.29, 1.82) is 0 Å². The van der Waals surface area contributed by atoms with Crippen molar-refractivity contribution < 1.29 is 17.7 Å². The van der Waals surface area contributed by atoms with E-state index in [4.69, 9.17) is 9.29 Å². The van der Waals surface area contributed by atoms with Gasteiger partial charge in [0.1, 0.15) is 17.6 Å². The largest absolute Gasteiger partial charge is 0.489 e. The molecule has 1 rings (SSSR count). The lowest BCUT2D eigenvalue weighted by Crippen LogP contribution is -2.23. The van der Waals surface area contributed by atoms with E-state index >= 15 is 0 Å². The Balaban J connectivity index is 2.61. The van der Waals surface area contributed by atoms with Crippen LogP contribution < -0.4 is 4.74 Å². The number of hydrogen-bond donors (Lipinski definition) is 1. The lowest BCUT2D eigenvalue weighted by Gasteiger charge is -2.18. The molecule has 5 heteroatoms. The molecule has 0 heterocycles. The molecule has 1 aromatic carbocycles. The predicted molar refractivity (Wildman–Crippen MR) is 136 cm³/mol. The van der Waals surface area contributed by atoms with Crippen molar-refractivity contribution in [2.75, 3.05) is 5.75 Å². The molecule has 0 fully saturated rings. The zero-order chi connectivity index (χ0) is 23.7. The lowest BCUT2D eigenvalue weighted by atomic mass is 9.99. The van der Waals surface area contributed by atoms with Crippen molar-refractivity contribution in [3.8, 4) is 5.75 Å². The van der Waals surface area contributed by atoms with Crippen LogP contribution in [0.4, 0.5) is 0 Å². The number of rotatable bonds is 20. The van der Waals surface area contributed by atoms with Crippen molar-refractivity contribution in [2.24, 2.45) is 0 Å². The van der Waals surface area contributed by atoms with E-state index in [0.29, 0.717) is 0 Å². The van der Waals surface area contributed by atoms with E-state index in [1.165, 1.54) is 89.0 Å². The Morgan fingerprint density at radius 3 is 1.81 bits per heavy atom. The third kappa shape index (κ3) is 14.9. The van der Waals surface area contributed by atoms with E-state index in [9.17, 15) is 8.42 Å². The molecule has 186 valence electrons. The van der Waals surface area contributed by atoms with Gasteiger partial charge in [0.15, 0.2) is 0 Å². The molecular formula is C27H48O4S. The highest BCUT2D eigenvalue weighted by atomic mass is 32.2. The molecule has 0 aliphatic carbocycles. The van der Waals surface area contributed by atoms with E-state index in [1.54, 1.807) is 6.92 Å². The zero-order valence-electron chi connectivity index (χ0n) is 20.9. The molecule has 0 bridgehead atoms. The van der Waals surface area contributed by atoms with Gasteiger partial charge in [0.05, 0.1) is 0 Å². The van der Waals surface area contributed by atoms with Crippen LogP contribution in [0.2, 0.25) is 0 Å². The van der Waals surface area contributed by atoms with Gasteiger partial charge >= 0.3 is 0 Å². The number of unbranched alkanes of at least 4 members (excludes halogenated alkanes) is 12. The number of ether oxygens (including phenoxy) is 1. The van der Waals surface area contributed by atoms with Crippen molar-refractivity contribution in [2.45, 2.75) is 130 Å². The minimum Gasteiger partial charge on any atom is -0.489 e. The fourth-order valence-corrected chi connectivity index (χ4v) is 4.84. The van der Waals surface area contributed by atoms with Crippen LogP contribution in [-0.2, 0) is 23.0 Å². The Morgan fingerprint density at radius 2 is 1.28 bits per heavy atom. The summed E-state index contributed by atoms with van der Waals surface area (Å²) in [5.74, 6) is 0.402. The molecule has 0 aromatic heterocycles. The topological polar surface area (TPSA) is 63.6 Å². The molecule has 0 aliphatic heterocycles. The van der Waals surface area contributed by atoms with E-state index < -0.39 is 16.2 Å². The summed E-state index contributed by atoms with van der Waals surface area (Å²) in [6.45, 7) is 6.18. The summed E-state index contributed by atoms with van der Waals surface area (Å²) in [6, 6.07) is 6.45. The van der Waals surface area contributed by atoms with Gasteiger partial charge in [-0.05, 0) is 49.8 Å². The summed E-state index contributed by atoms with van der Waals surface area (Å²) in [4.78, 5) is 0. The van der Waals surface area contributed by atoms with Gasteiger partial charge in [-0.2, -0.15) is 8.42 Å². The van der Waals surface area contributed by atoms with Crippen LogP contribution >= 0.6 is 0 Å². The standard InChI is InChI=1S/C27H48O4S/c1-4-6-8-10-12-14-16-18-25-20-21-26(19-17-15-13-11-9-7-5-2)27(22-25)31-24(3)23-32(28,29)30/h20-22,24H,4-19,23H2,1-3H3,(H,28,29,30). The third-order valence-electron chi connectivity index (χ3n) is 6.02. The first-order valence-corrected chi connectivity index (χ1v) is 14.7. The number of benzene rings is 1. The normalized spacial score (nSPS) is 12.8. The highest BCUT2D eigenvalue weighted by molar-refractivity contribution is 7.85. The monoisotopic (exact) mass is 468 g/mol. The summed E-state index contributed by atoms with van der Waals surface area (Å²) in [5.41, 5.74) is 2.39. The summed E-state index contributed by atoms with van der Waals surface area (Å²) >= 11 is 0. The van der Waals surface area contributed by atoms with Crippen molar-refractivity contribution in [3.63, 3.8) is 0 Å². The van der Waals surface area contributed by atoms with Crippen LogP contribution in [0.1, 0.15) is 122 Å². The predicted octanol–water partition coefficient (Wildman–Crippen LogP) is 7.93. The van der Waals surface area contributed by atoms with Gasteiger partial charge in [-0.15, -0.1) is 0 Å². The third-order valence-corrected chi connectivity index (χ3v) is 6.91. The minimum absolute atomic E-state index is 0.383. The molecule has 0 radical (unpaired) electrons. The summed E-state index contributed by atoms with van der Waals surface area (Å²) < 4.78 is 37.7. The first-order valence-electron chi connectivity index (χ1n) is 13.1. The second kappa shape index (κ2) is 17.4. The molecule has 32 heavy (non-hydrogen) atoms. The molecule has 4 nitrogen and oxygen atoms in total.